The highest BCUT2D eigenvalue weighted by atomic mass is 16.3. The third-order valence-electron chi connectivity index (χ3n) is 10.9. The summed E-state index contributed by atoms with van der Waals surface area (Å²) in [6.07, 6.45) is 11.5. The maximum Gasteiger partial charge on any atom is 0.166 e. The van der Waals surface area contributed by atoms with Crippen LogP contribution < -0.4 is 0 Å². The van der Waals surface area contributed by atoms with E-state index in [1.807, 2.05) is 0 Å². The zero-order valence-electron chi connectivity index (χ0n) is 20.1. The van der Waals surface area contributed by atoms with E-state index in [1.165, 1.54) is 44.1 Å². The van der Waals surface area contributed by atoms with Crippen molar-refractivity contribution in [3.63, 3.8) is 0 Å². The monoisotopic (exact) mass is 422 g/mol. The highest BCUT2D eigenvalue weighted by molar-refractivity contribution is 5.98. The van der Waals surface area contributed by atoms with Gasteiger partial charge in [-0.15, -0.1) is 0 Å². The lowest BCUT2D eigenvalue weighted by molar-refractivity contribution is -0.144. The Hall–Kier alpha value is -1.15. The maximum atomic E-state index is 13.6. The van der Waals surface area contributed by atoms with Gasteiger partial charge in [0.05, 0.1) is 5.60 Å². The van der Waals surface area contributed by atoms with E-state index >= 15 is 0 Å². The molecule has 0 spiro atoms. The lowest BCUT2D eigenvalue weighted by atomic mass is 9.44. The van der Waals surface area contributed by atoms with Gasteiger partial charge in [-0.25, -0.2) is 0 Å². The topological polar surface area (TPSA) is 37.3 Å². The van der Waals surface area contributed by atoms with Crippen molar-refractivity contribution in [2.45, 2.75) is 97.5 Å². The minimum absolute atomic E-state index is 0.172. The zero-order chi connectivity index (χ0) is 22.0. The van der Waals surface area contributed by atoms with Crippen molar-refractivity contribution in [1.82, 2.24) is 0 Å². The molecule has 0 aromatic heterocycles. The van der Waals surface area contributed by atoms with Crippen molar-refractivity contribution in [2.24, 2.45) is 40.4 Å². The minimum Gasteiger partial charge on any atom is -0.390 e. The molecule has 0 heterocycles. The summed E-state index contributed by atoms with van der Waals surface area (Å²) >= 11 is 0. The fraction of sp³-hybridized carbons (Fsp3) is 0.759. The average Bonchev–Trinajstić information content (AvgIpc) is 3.11. The van der Waals surface area contributed by atoms with Gasteiger partial charge in [0.1, 0.15) is 0 Å². The van der Waals surface area contributed by atoms with Crippen LogP contribution in [-0.2, 0) is 6.42 Å². The Morgan fingerprint density at radius 3 is 2.32 bits per heavy atom. The average molecular weight is 423 g/mol. The number of carbonyl (C=O) groups is 1. The molecule has 1 aromatic rings. The van der Waals surface area contributed by atoms with Gasteiger partial charge in [-0.2, -0.15) is 0 Å². The predicted octanol–water partition coefficient (Wildman–Crippen LogP) is 6.84. The number of Topliss-reactive ketones (excluding diaryl/α,β-unsaturated/α-hetero) is 1. The van der Waals surface area contributed by atoms with Gasteiger partial charge in [0.25, 0.3) is 0 Å². The number of benzene rings is 1. The second-order valence-electron chi connectivity index (χ2n) is 12.4. The highest BCUT2D eigenvalue weighted by Gasteiger charge is 2.61. The lowest BCUT2D eigenvalue weighted by Crippen LogP contribution is -2.55. The predicted molar refractivity (Wildman–Crippen MR) is 126 cm³/mol. The van der Waals surface area contributed by atoms with Gasteiger partial charge in [-0.05, 0) is 111 Å². The summed E-state index contributed by atoms with van der Waals surface area (Å²) in [5, 5.41) is 10.7. The van der Waals surface area contributed by atoms with E-state index in [9.17, 15) is 9.90 Å². The molecule has 4 saturated carbocycles. The molecular formula is C29H42O2. The SMILES string of the molecule is CCc1ccc(C(=O)[C@H]2CC[C@H]3[C@@H]4CC[C@@H]5C[C@](C)(O)CC[C@]5(C)[C@H]4CC[C@]23C)cc1. The fourth-order valence-electron chi connectivity index (χ4n) is 8.97. The van der Waals surface area contributed by atoms with Crippen LogP contribution in [0.5, 0.6) is 0 Å². The first-order valence-electron chi connectivity index (χ1n) is 13.0. The number of aliphatic hydroxyl groups is 1. The van der Waals surface area contributed by atoms with Crippen LogP contribution in [0.3, 0.4) is 0 Å². The minimum atomic E-state index is -0.460. The molecular weight excluding hydrogens is 380 g/mol. The maximum absolute atomic E-state index is 13.6. The Balaban J connectivity index is 1.37. The molecule has 0 aliphatic heterocycles. The fourth-order valence-corrected chi connectivity index (χ4v) is 8.97. The Labute approximate surface area is 189 Å². The van der Waals surface area contributed by atoms with Crippen molar-refractivity contribution >= 4 is 5.78 Å². The molecule has 0 bridgehead atoms. The summed E-state index contributed by atoms with van der Waals surface area (Å²) in [5.41, 5.74) is 2.34. The summed E-state index contributed by atoms with van der Waals surface area (Å²) in [6.45, 7) is 9.24. The van der Waals surface area contributed by atoms with E-state index < -0.39 is 5.60 Å². The smallest absolute Gasteiger partial charge is 0.166 e. The van der Waals surface area contributed by atoms with Crippen LogP contribution in [0.4, 0.5) is 0 Å². The van der Waals surface area contributed by atoms with E-state index in [1.54, 1.807) is 0 Å². The largest absolute Gasteiger partial charge is 0.390 e. The summed E-state index contributed by atoms with van der Waals surface area (Å²) < 4.78 is 0. The van der Waals surface area contributed by atoms with Gasteiger partial charge in [-0.1, -0.05) is 45.0 Å². The number of aryl methyl sites for hydroxylation is 1. The third-order valence-corrected chi connectivity index (χ3v) is 10.9. The van der Waals surface area contributed by atoms with Crippen molar-refractivity contribution in [1.29, 1.82) is 0 Å². The van der Waals surface area contributed by atoms with Crippen LogP contribution in [-0.4, -0.2) is 16.5 Å². The quantitative estimate of drug-likeness (QED) is 0.541. The molecule has 2 nitrogen and oxygen atoms in total. The summed E-state index contributed by atoms with van der Waals surface area (Å²) in [4.78, 5) is 13.6. The number of ketones is 1. The van der Waals surface area contributed by atoms with Gasteiger partial charge in [0.15, 0.2) is 5.78 Å². The Bertz CT molecular complexity index is 839. The van der Waals surface area contributed by atoms with E-state index in [0.717, 1.165) is 43.1 Å². The molecule has 0 saturated heterocycles. The van der Waals surface area contributed by atoms with E-state index in [2.05, 4.69) is 52.0 Å². The van der Waals surface area contributed by atoms with Crippen molar-refractivity contribution in [3.05, 3.63) is 35.4 Å². The Kier molecular flexibility index (Phi) is 5.20. The van der Waals surface area contributed by atoms with Crippen LogP contribution in [0.25, 0.3) is 0 Å². The van der Waals surface area contributed by atoms with Crippen molar-refractivity contribution < 1.29 is 9.90 Å². The second kappa shape index (κ2) is 7.44. The number of hydrogen-bond acceptors (Lipinski definition) is 2. The third kappa shape index (κ3) is 3.35. The van der Waals surface area contributed by atoms with Crippen molar-refractivity contribution in [2.75, 3.05) is 0 Å². The van der Waals surface area contributed by atoms with Crippen LogP contribution in [0.15, 0.2) is 24.3 Å². The number of rotatable bonds is 3. The van der Waals surface area contributed by atoms with Gasteiger partial charge < -0.3 is 5.11 Å². The molecule has 0 radical (unpaired) electrons. The summed E-state index contributed by atoms with van der Waals surface area (Å²) in [7, 11) is 0. The van der Waals surface area contributed by atoms with Crippen LogP contribution in [0, 0.1) is 40.4 Å². The molecule has 0 unspecified atom stereocenters. The van der Waals surface area contributed by atoms with E-state index in [-0.39, 0.29) is 11.3 Å². The molecule has 8 atom stereocenters. The molecule has 5 rings (SSSR count). The number of carbonyl (C=O) groups excluding carboxylic acids is 1. The standard InChI is InChI=1S/C29H42O2/c1-5-19-6-8-20(9-7-19)26(30)25-13-12-23-22-11-10-21-18-27(2,31)16-17-28(21,3)24(22)14-15-29(23,25)4/h6-9,21-25,31H,5,10-18H2,1-4H3/t21-,22+,23+,24+,25-,27-,28+,29+/m1/s1. The lowest BCUT2D eigenvalue weighted by Gasteiger charge is -2.61. The molecule has 0 amide bonds. The first-order chi connectivity index (χ1) is 14.7. The number of hydrogen-bond donors (Lipinski definition) is 1. The zero-order valence-corrected chi connectivity index (χ0v) is 20.1. The van der Waals surface area contributed by atoms with Gasteiger partial charge in [0.2, 0.25) is 0 Å². The molecule has 170 valence electrons. The van der Waals surface area contributed by atoms with Gasteiger partial charge in [-0.3, -0.25) is 4.79 Å². The molecule has 2 heteroatoms. The van der Waals surface area contributed by atoms with E-state index in [0.29, 0.717) is 23.0 Å². The Morgan fingerprint density at radius 2 is 1.61 bits per heavy atom. The van der Waals surface area contributed by atoms with Crippen molar-refractivity contribution in [3.8, 4) is 0 Å². The molecule has 4 fully saturated rings. The Morgan fingerprint density at radius 1 is 0.903 bits per heavy atom. The molecule has 31 heavy (non-hydrogen) atoms. The molecule has 1 aromatic carbocycles. The van der Waals surface area contributed by atoms with Gasteiger partial charge >= 0.3 is 0 Å². The highest BCUT2D eigenvalue weighted by Crippen LogP contribution is 2.68. The second-order valence-corrected chi connectivity index (χ2v) is 12.4. The molecule has 4 aliphatic rings. The van der Waals surface area contributed by atoms with E-state index in [4.69, 9.17) is 0 Å². The van der Waals surface area contributed by atoms with Gasteiger partial charge in [0, 0.05) is 11.5 Å². The molecule has 1 N–H and O–H groups in total. The van der Waals surface area contributed by atoms with Crippen LogP contribution >= 0.6 is 0 Å². The normalized spacial score (nSPS) is 46.7. The summed E-state index contributed by atoms with van der Waals surface area (Å²) in [6, 6.07) is 8.42. The summed E-state index contributed by atoms with van der Waals surface area (Å²) in [5.74, 6) is 3.55. The van der Waals surface area contributed by atoms with Crippen LogP contribution in [0.2, 0.25) is 0 Å². The number of fused-ring (bicyclic) bond motifs is 5. The first-order valence-corrected chi connectivity index (χ1v) is 13.0. The first kappa shape index (κ1) is 21.7. The molecule has 4 aliphatic carbocycles. The van der Waals surface area contributed by atoms with Crippen LogP contribution in [0.1, 0.15) is 101 Å².